The van der Waals surface area contributed by atoms with Gasteiger partial charge < -0.3 is 15.2 Å². The number of carbonyl (C=O) groups excluding carboxylic acids is 1. The average molecular weight is 488 g/mol. The fourth-order valence-corrected chi connectivity index (χ4v) is 5.25. The molecule has 1 saturated carbocycles. The molecule has 2 heterocycles. The van der Waals surface area contributed by atoms with Gasteiger partial charge in [-0.05, 0) is 67.3 Å². The van der Waals surface area contributed by atoms with E-state index in [0.717, 1.165) is 42.1 Å². The number of carboxylic acids is 1. The monoisotopic (exact) mass is 487 g/mol. The van der Waals surface area contributed by atoms with Gasteiger partial charge in [0.05, 0.1) is 12.8 Å². The van der Waals surface area contributed by atoms with Crippen LogP contribution in [0.15, 0.2) is 77.7 Å². The molecule has 1 amide bonds. The van der Waals surface area contributed by atoms with Gasteiger partial charge in [0.15, 0.2) is 12.4 Å². The third-order valence-corrected chi connectivity index (χ3v) is 7.23. The molecule has 5 rings (SSSR count). The SMILES string of the molecule is COc1ccccc1NC(=O)C1=C[NH+]2CN(c3ccc(C4CCC(CC(=O)O)CC4)cc3)C=CC2=N1. The van der Waals surface area contributed by atoms with Gasteiger partial charge in [-0.25, -0.2) is 4.90 Å². The van der Waals surface area contributed by atoms with Crippen molar-refractivity contribution >= 4 is 29.1 Å². The number of hydrogen-bond donors (Lipinski definition) is 3. The molecule has 36 heavy (non-hydrogen) atoms. The molecule has 0 bridgehead atoms. The van der Waals surface area contributed by atoms with E-state index in [1.807, 2.05) is 30.6 Å². The molecule has 2 aromatic carbocycles. The van der Waals surface area contributed by atoms with Gasteiger partial charge in [0, 0.05) is 24.4 Å². The van der Waals surface area contributed by atoms with Crippen LogP contribution in [0.4, 0.5) is 11.4 Å². The molecule has 0 spiro atoms. The lowest BCUT2D eigenvalue weighted by molar-refractivity contribution is -0.742. The number of ether oxygens (including phenoxy) is 1. The summed E-state index contributed by atoms with van der Waals surface area (Å²) in [5.41, 5.74) is 3.39. The molecule has 1 atom stereocenters. The Bertz CT molecular complexity index is 1230. The van der Waals surface area contributed by atoms with Crippen LogP contribution in [-0.4, -0.2) is 36.6 Å². The lowest BCUT2D eigenvalue weighted by atomic mass is 9.77. The summed E-state index contributed by atoms with van der Waals surface area (Å²) >= 11 is 0. The largest absolute Gasteiger partial charge is 0.495 e. The van der Waals surface area contributed by atoms with Crippen molar-refractivity contribution in [2.45, 2.75) is 38.0 Å². The number of carbonyl (C=O) groups is 2. The van der Waals surface area contributed by atoms with Crippen molar-refractivity contribution in [2.24, 2.45) is 10.9 Å². The maximum absolute atomic E-state index is 12.8. The zero-order valence-corrected chi connectivity index (χ0v) is 20.3. The highest BCUT2D eigenvalue weighted by molar-refractivity contribution is 6.07. The molecule has 1 fully saturated rings. The van der Waals surface area contributed by atoms with Crippen molar-refractivity contribution < 1.29 is 24.3 Å². The number of methoxy groups -OCH3 is 1. The van der Waals surface area contributed by atoms with Crippen LogP contribution in [0.2, 0.25) is 0 Å². The Kier molecular flexibility index (Phi) is 6.86. The topological polar surface area (TPSA) is 95.7 Å². The van der Waals surface area contributed by atoms with Crippen molar-refractivity contribution in [3.63, 3.8) is 0 Å². The van der Waals surface area contributed by atoms with Crippen LogP contribution >= 0.6 is 0 Å². The molecule has 1 aliphatic carbocycles. The molecular weight excluding hydrogens is 456 g/mol. The molecule has 8 heteroatoms. The first-order valence-corrected chi connectivity index (χ1v) is 12.4. The van der Waals surface area contributed by atoms with E-state index in [9.17, 15) is 9.59 Å². The summed E-state index contributed by atoms with van der Waals surface area (Å²) in [6.07, 6.45) is 10.1. The molecule has 186 valence electrons. The summed E-state index contributed by atoms with van der Waals surface area (Å²) in [4.78, 5) is 31.5. The number of rotatable bonds is 7. The molecule has 2 aliphatic heterocycles. The summed E-state index contributed by atoms with van der Waals surface area (Å²) in [6.45, 7) is 0.639. The van der Waals surface area contributed by atoms with Crippen molar-refractivity contribution in [2.75, 3.05) is 24.0 Å². The van der Waals surface area contributed by atoms with Gasteiger partial charge in [-0.2, -0.15) is 4.99 Å². The molecule has 3 N–H and O–H groups in total. The maximum Gasteiger partial charge on any atom is 0.303 e. The van der Waals surface area contributed by atoms with E-state index in [1.54, 1.807) is 19.2 Å². The van der Waals surface area contributed by atoms with Crippen molar-refractivity contribution in [3.05, 3.63) is 78.3 Å². The lowest BCUT2D eigenvalue weighted by Crippen LogP contribution is -3.11. The maximum atomic E-state index is 12.8. The highest BCUT2D eigenvalue weighted by atomic mass is 16.5. The Hall–Kier alpha value is -3.91. The standard InChI is InChI=1S/C28H30N4O4/c1-36-25-5-3-2-4-23(25)30-28(35)24-17-32-18-31(15-14-26(32)29-24)22-12-10-21(11-13-22)20-8-6-19(7-9-20)16-27(33)34/h2-5,10-15,17,19-20H,6-9,16,18H2,1H3,(H,30,35)(H,33,34)/p+1. The zero-order valence-electron chi connectivity index (χ0n) is 20.3. The van der Waals surface area contributed by atoms with Crippen LogP contribution in [0.1, 0.15) is 43.6 Å². The summed E-state index contributed by atoms with van der Waals surface area (Å²) in [7, 11) is 1.57. The highest BCUT2D eigenvalue weighted by Crippen LogP contribution is 2.37. The number of hydrogen-bond acceptors (Lipinski definition) is 5. The lowest BCUT2D eigenvalue weighted by Gasteiger charge is -2.29. The Morgan fingerprint density at radius 1 is 1.11 bits per heavy atom. The average Bonchev–Trinajstić information content (AvgIpc) is 3.33. The van der Waals surface area contributed by atoms with Crippen LogP contribution in [0.5, 0.6) is 5.75 Å². The molecular formula is C28H31N4O4+. The van der Waals surface area contributed by atoms with Gasteiger partial charge in [0.25, 0.3) is 5.91 Å². The Labute approximate surface area is 210 Å². The molecule has 8 nitrogen and oxygen atoms in total. The molecule has 3 aliphatic rings. The smallest absolute Gasteiger partial charge is 0.303 e. The summed E-state index contributed by atoms with van der Waals surface area (Å²) in [5.74, 6) is 1.26. The van der Waals surface area contributed by atoms with Gasteiger partial charge in [-0.1, -0.05) is 24.3 Å². The third kappa shape index (κ3) is 5.18. The second-order valence-electron chi connectivity index (χ2n) is 9.56. The number of nitrogens with zero attached hydrogens (tertiary/aromatic N) is 2. The van der Waals surface area contributed by atoms with Crippen LogP contribution < -0.4 is 19.9 Å². The van der Waals surface area contributed by atoms with Crippen LogP contribution in [-0.2, 0) is 9.59 Å². The summed E-state index contributed by atoms with van der Waals surface area (Å²) < 4.78 is 5.32. The predicted octanol–water partition coefficient (Wildman–Crippen LogP) is 3.51. The summed E-state index contributed by atoms with van der Waals surface area (Å²) in [6, 6.07) is 16.0. The minimum absolute atomic E-state index is 0.267. The number of para-hydroxylation sites is 2. The molecule has 1 unspecified atom stereocenters. The Morgan fingerprint density at radius 3 is 2.58 bits per heavy atom. The Morgan fingerprint density at radius 2 is 1.86 bits per heavy atom. The fraction of sp³-hybridized carbons (Fsp3) is 0.321. The summed E-state index contributed by atoms with van der Waals surface area (Å²) in [5, 5.41) is 11.9. The number of quaternary nitrogens is 1. The molecule has 0 radical (unpaired) electrons. The number of amidine groups is 1. The van der Waals surface area contributed by atoms with Gasteiger partial charge >= 0.3 is 5.97 Å². The fourth-order valence-electron chi connectivity index (χ4n) is 5.25. The van der Waals surface area contributed by atoms with E-state index in [2.05, 4.69) is 39.5 Å². The number of aliphatic carboxylic acids is 1. The van der Waals surface area contributed by atoms with E-state index >= 15 is 0 Å². The van der Waals surface area contributed by atoms with Crippen LogP contribution in [0.25, 0.3) is 0 Å². The highest BCUT2D eigenvalue weighted by Gasteiger charge is 2.31. The molecule has 0 saturated heterocycles. The normalized spacial score (nSPS) is 22.9. The van der Waals surface area contributed by atoms with Crippen LogP contribution in [0, 0.1) is 5.92 Å². The minimum atomic E-state index is -0.690. The van der Waals surface area contributed by atoms with Crippen LogP contribution in [0.3, 0.4) is 0 Å². The number of amides is 1. The molecule has 2 aromatic rings. The van der Waals surface area contributed by atoms with E-state index in [1.165, 1.54) is 5.56 Å². The van der Waals surface area contributed by atoms with E-state index in [0.29, 0.717) is 35.6 Å². The first kappa shape index (κ1) is 23.8. The van der Waals surface area contributed by atoms with Gasteiger partial charge in [0.2, 0.25) is 5.84 Å². The van der Waals surface area contributed by atoms with Crippen molar-refractivity contribution in [1.82, 2.24) is 0 Å². The van der Waals surface area contributed by atoms with E-state index < -0.39 is 5.97 Å². The van der Waals surface area contributed by atoms with Gasteiger partial charge in [-0.15, -0.1) is 0 Å². The quantitative estimate of drug-likeness (QED) is 0.556. The van der Waals surface area contributed by atoms with E-state index in [-0.39, 0.29) is 12.3 Å². The predicted molar refractivity (Wildman–Crippen MR) is 138 cm³/mol. The van der Waals surface area contributed by atoms with E-state index in [4.69, 9.17) is 9.84 Å². The third-order valence-electron chi connectivity index (χ3n) is 7.23. The number of anilines is 2. The van der Waals surface area contributed by atoms with Gasteiger partial charge in [-0.3, -0.25) is 14.5 Å². The Balaban J connectivity index is 1.20. The second kappa shape index (κ2) is 10.4. The number of benzene rings is 2. The van der Waals surface area contributed by atoms with Crippen molar-refractivity contribution in [3.8, 4) is 5.75 Å². The first-order valence-electron chi connectivity index (χ1n) is 12.4. The number of nitrogens with one attached hydrogen (secondary N) is 2. The number of aliphatic imine (C=N–C) groups is 1. The minimum Gasteiger partial charge on any atom is -0.495 e. The number of fused-ring (bicyclic) bond motifs is 1. The molecule has 0 aromatic heterocycles. The zero-order chi connectivity index (χ0) is 25.1. The number of carboxylic acid groups (broad SMARTS) is 1. The van der Waals surface area contributed by atoms with Gasteiger partial charge in [0.1, 0.15) is 11.9 Å². The van der Waals surface area contributed by atoms with Crippen molar-refractivity contribution in [1.29, 1.82) is 0 Å². The second-order valence-corrected chi connectivity index (χ2v) is 9.56. The first-order chi connectivity index (χ1) is 17.5.